The van der Waals surface area contributed by atoms with Crippen molar-refractivity contribution in [2.24, 2.45) is 17.8 Å². The van der Waals surface area contributed by atoms with Crippen LogP contribution in [0.15, 0.2) is 0 Å². The maximum atomic E-state index is 13.0. The number of carbonyl (C=O) groups excluding carboxylic acids is 2. The number of rotatable bonds is 5. The van der Waals surface area contributed by atoms with Crippen LogP contribution < -0.4 is 5.32 Å². The highest BCUT2D eigenvalue weighted by Gasteiger charge is 2.58. The third-order valence-corrected chi connectivity index (χ3v) is 5.35. The Balaban J connectivity index is 2.20. The number of imide groups is 1. The molecule has 2 unspecified atom stereocenters. The minimum Gasteiger partial charge on any atom is -0.323 e. The van der Waals surface area contributed by atoms with Gasteiger partial charge in [-0.3, -0.25) is 9.69 Å². The zero-order valence-electron chi connectivity index (χ0n) is 15.3. The van der Waals surface area contributed by atoms with Crippen LogP contribution in [0, 0.1) is 17.8 Å². The smallest absolute Gasteiger partial charge is 0.323 e. The standard InChI is InChI=1S/C17H28F3N3O2/c1-11(2)8-22(9-16(18,19)20)10-23-14(24)17(21-15(23)25)12(3)6-5-7-13(17)4/h11-13H,5-10H2,1-4H3,(H,21,25). The molecule has 1 aliphatic carbocycles. The Morgan fingerprint density at radius 3 is 2.28 bits per heavy atom. The second kappa shape index (κ2) is 7.13. The summed E-state index contributed by atoms with van der Waals surface area (Å²) in [7, 11) is 0. The minimum atomic E-state index is -4.38. The number of nitrogens with one attached hydrogen (secondary N) is 1. The normalized spacial score (nSPS) is 30.7. The summed E-state index contributed by atoms with van der Waals surface area (Å²) in [4.78, 5) is 27.5. The molecule has 1 saturated heterocycles. The van der Waals surface area contributed by atoms with E-state index in [0.717, 1.165) is 29.1 Å². The Labute approximate surface area is 146 Å². The summed E-state index contributed by atoms with van der Waals surface area (Å²) in [6.45, 7) is 6.17. The molecule has 144 valence electrons. The van der Waals surface area contributed by atoms with Crippen LogP contribution in [0.25, 0.3) is 0 Å². The number of amides is 3. The molecule has 1 N–H and O–H groups in total. The maximum Gasteiger partial charge on any atom is 0.401 e. The van der Waals surface area contributed by atoms with E-state index in [0.29, 0.717) is 0 Å². The average molecular weight is 363 g/mol. The van der Waals surface area contributed by atoms with Gasteiger partial charge in [-0.2, -0.15) is 13.2 Å². The van der Waals surface area contributed by atoms with Crippen molar-refractivity contribution in [3.05, 3.63) is 0 Å². The topological polar surface area (TPSA) is 52.6 Å². The Morgan fingerprint density at radius 2 is 1.80 bits per heavy atom. The highest BCUT2D eigenvalue weighted by atomic mass is 19.4. The quantitative estimate of drug-likeness (QED) is 0.763. The summed E-state index contributed by atoms with van der Waals surface area (Å²) in [5.41, 5.74) is -0.975. The van der Waals surface area contributed by atoms with Crippen molar-refractivity contribution in [1.82, 2.24) is 15.1 Å². The largest absolute Gasteiger partial charge is 0.401 e. The van der Waals surface area contributed by atoms with Crippen LogP contribution in [0.4, 0.5) is 18.0 Å². The number of alkyl halides is 3. The zero-order valence-corrected chi connectivity index (χ0v) is 15.3. The molecule has 1 heterocycles. The molecule has 0 aromatic carbocycles. The summed E-state index contributed by atoms with van der Waals surface area (Å²) in [6.07, 6.45) is -1.75. The maximum absolute atomic E-state index is 13.0. The predicted octanol–water partition coefficient (Wildman–Crippen LogP) is 3.21. The first-order chi connectivity index (χ1) is 11.5. The van der Waals surface area contributed by atoms with Gasteiger partial charge in [0.2, 0.25) is 0 Å². The van der Waals surface area contributed by atoms with E-state index in [-0.39, 0.29) is 36.9 Å². The van der Waals surface area contributed by atoms with Crippen molar-refractivity contribution < 1.29 is 22.8 Å². The van der Waals surface area contributed by atoms with Crippen molar-refractivity contribution in [3.8, 4) is 0 Å². The SMILES string of the molecule is CC(C)CN(CN1C(=O)NC2(C1=O)C(C)CCCC2C)CC(F)(F)F. The number of carbonyl (C=O) groups is 2. The second-order valence-corrected chi connectivity index (χ2v) is 7.93. The molecule has 2 rings (SSSR count). The molecular formula is C17H28F3N3O2. The third-order valence-electron chi connectivity index (χ3n) is 5.35. The molecule has 0 aromatic rings. The van der Waals surface area contributed by atoms with Gasteiger partial charge in [0, 0.05) is 6.54 Å². The molecule has 3 amide bonds. The zero-order chi connectivity index (χ0) is 19.0. The Bertz CT molecular complexity index is 512. The van der Waals surface area contributed by atoms with Gasteiger partial charge in [0.25, 0.3) is 5.91 Å². The monoisotopic (exact) mass is 363 g/mol. The number of halogens is 3. The molecule has 2 atom stereocenters. The van der Waals surface area contributed by atoms with Gasteiger partial charge >= 0.3 is 12.2 Å². The lowest BCUT2D eigenvalue weighted by molar-refractivity contribution is -0.155. The van der Waals surface area contributed by atoms with Gasteiger partial charge in [0.05, 0.1) is 13.2 Å². The van der Waals surface area contributed by atoms with E-state index in [9.17, 15) is 22.8 Å². The molecule has 25 heavy (non-hydrogen) atoms. The van der Waals surface area contributed by atoms with Gasteiger partial charge in [-0.05, 0) is 30.6 Å². The Hall–Kier alpha value is -1.31. The molecule has 1 spiro atoms. The van der Waals surface area contributed by atoms with Gasteiger partial charge in [0.15, 0.2) is 0 Å². The van der Waals surface area contributed by atoms with Crippen LogP contribution in [-0.4, -0.2) is 53.2 Å². The van der Waals surface area contributed by atoms with Gasteiger partial charge < -0.3 is 5.32 Å². The van der Waals surface area contributed by atoms with Crippen molar-refractivity contribution >= 4 is 11.9 Å². The van der Waals surface area contributed by atoms with Gasteiger partial charge in [-0.1, -0.05) is 34.1 Å². The highest BCUT2D eigenvalue weighted by Crippen LogP contribution is 2.42. The summed E-state index contributed by atoms with van der Waals surface area (Å²) in [6, 6.07) is -0.582. The molecule has 5 nitrogen and oxygen atoms in total. The van der Waals surface area contributed by atoms with Crippen molar-refractivity contribution in [1.29, 1.82) is 0 Å². The van der Waals surface area contributed by atoms with Crippen LogP contribution >= 0.6 is 0 Å². The lowest BCUT2D eigenvalue weighted by Gasteiger charge is -2.42. The number of urea groups is 1. The summed E-state index contributed by atoms with van der Waals surface area (Å²) >= 11 is 0. The fraction of sp³-hybridized carbons (Fsp3) is 0.882. The van der Waals surface area contributed by atoms with Crippen molar-refractivity contribution in [2.75, 3.05) is 19.8 Å². The number of hydrogen-bond acceptors (Lipinski definition) is 3. The van der Waals surface area contributed by atoms with Crippen LogP contribution in [-0.2, 0) is 4.79 Å². The predicted molar refractivity (Wildman–Crippen MR) is 87.6 cm³/mol. The first kappa shape index (κ1) is 20.0. The molecule has 2 aliphatic rings. The fourth-order valence-electron chi connectivity index (χ4n) is 4.22. The van der Waals surface area contributed by atoms with Crippen molar-refractivity contribution in [2.45, 2.75) is 58.7 Å². The van der Waals surface area contributed by atoms with Crippen LogP contribution in [0.3, 0.4) is 0 Å². The van der Waals surface area contributed by atoms with Crippen molar-refractivity contribution in [3.63, 3.8) is 0 Å². The number of nitrogens with zero attached hydrogens (tertiary/aromatic N) is 2. The van der Waals surface area contributed by atoms with E-state index in [2.05, 4.69) is 5.32 Å². The van der Waals surface area contributed by atoms with Gasteiger partial charge in [-0.25, -0.2) is 9.69 Å². The number of hydrogen-bond donors (Lipinski definition) is 1. The third kappa shape index (κ3) is 4.10. The lowest BCUT2D eigenvalue weighted by atomic mass is 9.67. The Morgan fingerprint density at radius 1 is 1.24 bits per heavy atom. The van der Waals surface area contributed by atoms with Crippen LogP contribution in [0.5, 0.6) is 0 Å². The fourth-order valence-corrected chi connectivity index (χ4v) is 4.22. The molecule has 2 fully saturated rings. The lowest BCUT2D eigenvalue weighted by Crippen LogP contribution is -2.59. The highest BCUT2D eigenvalue weighted by molar-refractivity contribution is 6.07. The van der Waals surface area contributed by atoms with Gasteiger partial charge in [-0.15, -0.1) is 0 Å². The Kier molecular flexibility index (Phi) is 5.71. The molecule has 0 radical (unpaired) electrons. The first-order valence-corrected chi connectivity index (χ1v) is 8.90. The first-order valence-electron chi connectivity index (χ1n) is 8.90. The van der Waals surface area contributed by atoms with Crippen LogP contribution in [0.1, 0.15) is 47.0 Å². The molecule has 0 aromatic heterocycles. The molecule has 1 saturated carbocycles. The van der Waals surface area contributed by atoms with Crippen LogP contribution in [0.2, 0.25) is 0 Å². The van der Waals surface area contributed by atoms with E-state index >= 15 is 0 Å². The molecule has 1 aliphatic heterocycles. The van der Waals surface area contributed by atoms with E-state index < -0.39 is 24.3 Å². The van der Waals surface area contributed by atoms with E-state index in [1.165, 1.54) is 0 Å². The van der Waals surface area contributed by atoms with E-state index in [1.54, 1.807) is 0 Å². The summed E-state index contributed by atoms with van der Waals surface area (Å²) in [5.74, 6) is -0.449. The van der Waals surface area contributed by atoms with E-state index in [1.807, 2.05) is 27.7 Å². The average Bonchev–Trinajstić information content (AvgIpc) is 2.68. The molecule has 8 heteroatoms. The minimum absolute atomic E-state index is 0.00963. The van der Waals surface area contributed by atoms with Gasteiger partial charge in [0.1, 0.15) is 5.54 Å². The molecular weight excluding hydrogens is 335 g/mol. The second-order valence-electron chi connectivity index (χ2n) is 7.93. The summed E-state index contributed by atoms with van der Waals surface area (Å²) < 4.78 is 38.6. The van der Waals surface area contributed by atoms with E-state index in [4.69, 9.17) is 0 Å². The molecule has 0 bridgehead atoms. The summed E-state index contributed by atoms with van der Waals surface area (Å²) in [5, 5.41) is 2.82.